The van der Waals surface area contributed by atoms with Gasteiger partial charge in [-0.25, -0.2) is 4.79 Å². The SMILES string of the molecule is CNCC(=O)O.NC(=O)NCCC[C@H](N)C(=O)O. The van der Waals surface area contributed by atoms with Gasteiger partial charge in [0.25, 0.3) is 0 Å². The molecule has 8 N–H and O–H groups in total. The number of aliphatic carboxylic acids is 2. The minimum Gasteiger partial charge on any atom is -0.480 e. The zero-order chi connectivity index (χ0) is 14.6. The summed E-state index contributed by atoms with van der Waals surface area (Å²) in [6.45, 7) is 0.399. The van der Waals surface area contributed by atoms with Gasteiger partial charge in [0.05, 0.1) is 6.54 Å². The highest BCUT2D eigenvalue weighted by Crippen LogP contribution is 1.92. The third-order valence-electron chi connectivity index (χ3n) is 1.64. The molecule has 106 valence electrons. The highest BCUT2D eigenvalue weighted by atomic mass is 16.4. The van der Waals surface area contributed by atoms with E-state index in [1.54, 1.807) is 7.05 Å². The van der Waals surface area contributed by atoms with Gasteiger partial charge in [0.15, 0.2) is 0 Å². The molecular formula is C9H20N4O5. The molecule has 1 atom stereocenters. The van der Waals surface area contributed by atoms with E-state index in [-0.39, 0.29) is 6.54 Å². The molecule has 0 aliphatic carbocycles. The maximum atomic E-state index is 10.2. The fraction of sp³-hybridized carbons (Fsp3) is 0.667. The zero-order valence-corrected chi connectivity index (χ0v) is 10.2. The molecule has 0 aromatic carbocycles. The van der Waals surface area contributed by atoms with Crippen molar-refractivity contribution in [2.45, 2.75) is 18.9 Å². The van der Waals surface area contributed by atoms with Gasteiger partial charge in [0, 0.05) is 6.54 Å². The van der Waals surface area contributed by atoms with Crippen molar-refractivity contribution in [2.75, 3.05) is 20.1 Å². The third kappa shape index (κ3) is 16.6. The van der Waals surface area contributed by atoms with Crippen LogP contribution in [0, 0.1) is 0 Å². The first kappa shape index (κ1) is 18.5. The van der Waals surface area contributed by atoms with E-state index < -0.39 is 24.0 Å². The summed E-state index contributed by atoms with van der Waals surface area (Å²) in [6.07, 6.45) is 0.839. The van der Waals surface area contributed by atoms with E-state index in [1.807, 2.05) is 0 Å². The molecule has 0 aromatic rings. The van der Waals surface area contributed by atoms with Crippen LogP contribution in [0.25, 0.3) is 0 Å². The van der Waals surface area contributed by atoms with Gasteiger partial charge < -0.3 is 32.3 Å². The van der Waals surface area contributed by atoms with Crippen LogP contribution in [0.1, 0.15) is 12.8 Å². The summed E-state index contributed by atoms with van der Waals surface area (Å²) in [4.78, 5) is 29.9. The summed E-state index contributed by atoms with van der Waals surface area (Å²) in [7, 11) is 1.59. The topological polar surface area (TPSA) is 168 Å². The van der Waals surface area contributed by atoms with E-state index in [9.17, 15) is 14.4 Å². The van der Waals surface area contributed by atoms with Crippen LogP contribution in [0.3, 0.4) is 0 Å². The molecule has 2 amide bonds. The van der Waals surface area contributed by atoms with E-state index in [0.29, 0.717) is 19.4 Å². The number of carboxylic acids is 2. The molecule has 0 saturated heterocycles. The fourth-order valence-electron chi connectivity index (χ4n) is 0.808. The highest BCUT2D eigenvalue weighted by molar-refractivity contribution is 5.73. The number of nitrogens with one attached hydrogen (secondary N) is 2. The Balaban J connectivity index is 0. The lowest BCUT2D eigenvalue weighted by Crippen LogP contribution is -2.33. The first-order valence-electron chi connectivity index (χ1n) is 5.19. The molecule has 0 heterocycles. The van der Waals surface area contributed by atoms with Crippen molar-refractivity contribution in [2.24, 2.45) is 11.5 Å². The van der Waals surface area contributed by atoms with E-state index in [0.717, 1.165) is 0 Å². The number of hydrogen-bond donors (Lipinski definition) is 6. The van der Waals surface area contributed by atoms with E-state index in [2.05, 4.69) is 10.6 Å². The lowest BCUT2D eigenvalue weighted by Gasteiger charge is -2.05. The fourth-order valence-corrected chi connectivity index (χ4v) is 0.808. The van der Waals surface area contributed by atoms with Gasteiger partial charge in [0.1, 0.15) is 6.04 Å². The minimum atomic E-state index is -1.03. The second kappa shape index (κ2) is 11.6. The van der Waals surface area contributed by atoms with E-state index in [4.69, 9.17) is 21.7 Å². The van der Waals surface area contributed by atoms with Crippen LogP contribution in [0.2, 0.25) is 0 Å². The van der Waals surface area contributed by atoms with Crippen molar-refractivity contribution in [3.63, 3.8) is 0 Å². The molecule has 0 aromatic heterocycles. The Morgan fingerprint density at radius 3 is 2.11 bits per heavy atom. The summed E-state index contributed by atoms with van der Waals surface area (Å²) in [5.41, 5.74) is 9.96. The molecule has 0 rings (SSSR count). The van der Waals surface area contributed by atoms with E-state index in [1.165, 1.54) is 0 Å². The second-order valence-corrected chi connectivity index (χ2v) is 3.30. The van der Waals surface area contributed by atoms with E-state index >= 15 is 0 Å². The average Bonchev–Trinajstić information content (AvgIpc) is 2.24. The quantitative estimate of drug-likeness (QED) is 0.293. The van der Waals surface area contributed by atoms with Crippen LogP contribution in [0.15, 0.2) is 0 Å². The summed E-state index contributed by atoms with van der Waals surface area (Å²) in [5, 5.41) is 21.0. The maximum absolute atomic E-state index is 10.2. The number of carbonyl (C=O) groups excluding carboxylic acids is 1. The van der Waals surface area contributed by atoms with Gasteiger partial charge in [-0.1, -0.05) is 0 Å². The van der Waals surface area contributed by atoms with Crippen LogP contribution in [-0.2, 0) is 9.59 Å². The van der Waals surface area contributed by atoms with Gasteiger partial charge in [-0.15, -0.1) is 0 Å². The molecule has 0 aliphatic heterocycles. The number of nitrogens with two attached hydrogens (primary N) is 2. The summed E-state index contributed by atoms with van der Waals surface area (Å²) in [6, 6.07) is -1.47. The second-order valence-electron chi connectivity index (χ2n) is 3.30. The van der Waals surface area contributed by atoms with Gasteiger partial charge in [-0.2, -0.15) is 0 Å². The van der Waals surface area contributed by atoms with Gasteiger partial charge >= 0.3 is 18.0 Å². The predicted molar refractivity (Wildman–Crippen MR) is 64.0 cm³/mol. The van der Waals surface area contributed by atoms with Gasteiger partial charge in [-0.3, -0.25) is 9.59 Å². The number of hydrogen-bond acceptors (Lipinski definition) is 5. The molecule has 9 heteroatoms. The summed E-state index contributed by atoms with van der Waals surface area (Å²) < 4.78 is 0. The molecule has 0 fully saturated rings. The number of urea groups is 1. The normalized spacial score (nSPS) is 10.8. The Labute approximate surface area is 105 Å². The lowest BCUT2D eigenvalue weighted by atomic mass is 10.2. The predicted octanol–water partition coefficient (Wildman–Crippen LogP) is -1.86. The first-order chi connectivity index (χ1) is 8.31. The molecule has 0 bridgehead atoms. The molecule has 0 unspecified atom stereocenters. The number of carbonyl (C=O) groups is 3. The minimum absolute atomic E-state index is 0.0417. The van der Waals surface area contributed by atoms with Crippen LogP contribution in [0.4, 0.5) is 4.79 Å². The monoisotopic (exact) mass is 264 g/mol. The summed E-state index contributed by atoms with van der Waals surface area (Å²) >= 11 is 0. The van der Waals surface area contributed by atoms with Gasteiger partial charge in [-0.05, 0) is 19.9 Å². The van der Waals surface area contributed by atoms with Crippen LogP contribution in [-0.4, -0.2) is 54.4 Å². The average molecular weight is 264 g/mol. The number of primary amides is 1. The van der Waals surface area contributed by atoms with Crippen molar-refractivity contribution < 1.29 is 24.6 Å². The molecule has 0 radical (unpaired) electrons. The van der Waals surface area contributed by atoms with Crippen molar-refractivity contribution in [1.82, 2.24) is 10.6 Å². The number of amides is 2. The number of carboxylic acid groups (broad SMARTS) is 2. The molecule has 0 spiro atoms. The van der Waals surface area contributed by atoms with Crippen LogP contribution < -0.4 is 22.1 Å². The maximum Gasteiger partial charge on any atom is 0.320 e. The third-order valence-corrected chi connectivity index (χ3v) is 1.64. The van der Waals surface area contributed by atoms with Crippen molar-refractivity contribution >= 4 is 18.0 Å². The molecule has 9 nitrogen and oxygen atoms in total. The van der Waals surface area contributed by atoms with Crippen molar-refractivity contribution in [1.29, 1.82) is 0 Å². The number of rotatable bonds is 7. The van der Waals surface area contributed by atoms with Crippen molar-refractivity contribution in [3.05, 3.63) is 0 Å². The van der Waals surface area contributed by atoms with Crippen molar-refractivity contribution in [3.8, 4) is 0 Å². The summed E-state index contributed by atoms with van der Waals surface area (Å²) in [5.74, 6) is -1.86. The van der Waals surface area contributed by atoms with Crippen LogP contribution in [0.5, 0.6) is 0 Å². The zero-order valence-electron chi connectivity index (χ0n) is 10.2. The van der Waals surface area contributed by atoms with Gasteiger partial charge in [0.2, 0.25) is 0 Å². The largest absolute Gasteiger partial charge is 0.480 e. The standard InChI is InChI=1S/C6H13N3O3.C3H7NO2/c7-4(5(10)11)2-1-3-9-6(8)12;1-4-2-3(5)6/h4H,1-3,7H2,(H,10,11)(H3,8,9,12);4H,2H2,1H3,(H,5,6)/t4-;/m0./s1. The van der Waals surface area contributed by atoms with Crippen LogP contribution >= 0.6 is 0 Å². The Kier molecular flexibility index (Phi) is 11.9. The number of likely N-dealkylation sites (N-methyl/N-ethyl adjacent to an activating group) is 1. The molecule has 18 heavy (non-hydrogen) atoms. The first-order valence-corrected chi connectivity index (χ1v) is 5.19. The Morgan fingerprint density at radius 2 is 1.83 bits per heavy atom. The lowest BCUT2D eigenvalue weighted by molar-refractivity contribution is -0.139. The smallest absolute Gasteiger partial charge is 0.320 e. The molecule has 0 saturated carbocycles. The Morgan fingerprint density at radius 1 is 1.28 bits per heavy atom. The highest BCUT2D eigenvalue weighted by Gasteiger charge is 2.09. The molecular weight excluding hydrogens is 244 g/mol. The Hall–Kier alpha value is -1.87. The Bertz CT molecular complexity index is 272. The molecule has 0 aliphatic rings.